The van der Waals surface area contributed by atoms with Gasteiger partial charge in [-0.05, 0) is 43.3 Å². The van der Waals surface area contributed by atoms with E-state index in [4.69, 9.17) is 9.47 Å². The van der Waals surface area contributed by atoms with Crippen molar-refractivity contribution in [3.8, 4) is 11.5 Å². The van der Waals surface area contributed by atoms with Crippen LogP contribution in [0.5, 0.6) is 11.5 Å². The predicted octanol–water partition coefficient (Wildman–Crippen LogP) is 2.65. The second-order valence-corrected chi connectivity index (χ2v) is 6.07. The number of rotatable bonds is 9. The topological polar surface area (TPSA) is 103 Å². The van der Waals surface area contributed by atoms with Crippen molar-refractivity contribution >= 4 is 23.5 Å². The first kappa shape index (κ1) is 23.5. The van der Waals surface area contributed by atoms with Crippen LogP contribution in [0.1, 0.15) is 6.92 Å². The summed E-state index contributed by atoms with van der Waals surface area (Å²) in [7, 11) is 0. The van der Waals surface area contributed by atoms with Gasteiger partial charge in [0.15, 0.2) is 12.7 Å². The van der Waals surface area contributed by atoms with Gasteiger partial charge in [0.1, 0.15) is 18.0 Å². The van der Waals surface area contributed by atoms with Gasteiger partial charge in [0.2, 0.25) is 0 Å². The maximum Gasteiger partial charge on any atom is 0.573 e. The summed E-state index contributed by atoms with van der Waals surface area (Å²) in [6.45, 7) is 0.522. The molecule has 0 aromatic heterocycles. The molecule has 0 aliphatic rings. The smallest absolute Gasteiger partial charge is 0.484 e. The molecule has 0 aliphatic heterocycles. The molecule has 2 aromatic carbocycles. The highest BCUT2D eigenvalue weighted by Gasteiger charge is 2.31. The van der Waals surface area contributed by atoms with Crippen molar-refractivity contribution in [3.63, 3.8) is 0 Å². The number of para-hydroxylation sites is 1. The van der Waals surface area contributed by atoms with Crippen LogP contribution < -0.4 is 20.1 Å². The van der Waals surface area contributed by atoms with E-state index < -0.39 is 42.5 Å². The highest BCUT2D eigenvalue weighted by atomic mass is 19.4. The lowest BCUT2D eigenvalue weighted by Gasteiger charge is -2.14. The number of amides is 2. The Morgan fingerprint density at radius 1 is 0.968 bits per heavy atom. The van der Waals surface area contributed by atoms with Gasteiger partial charge < -0.3 is 24.8 Å². The molecule has 0 spiro atoms. The molecule has 0 fully saturated rings. The number of nitrogens with one attached hydrogen (secondary N) is 2. The van der Waals surface area contributed by atoms with Crippen LogP contribution in [0.2, 0.25) is 0 Å². The number of halogens is 3. The molecule has 0 saturated heterocycles. The van der Waals surface area contributed by atoms with Gasteiger partial charge in [-0.15, -0.1) is 13.2 Å². The zero-order valence-electron chi connectivity index (χ0n) is 16.3. The van der Waals surface area contributed by atoms with Crippen molar-refractivity contribution in [2.75, 3.05) is 18.5 Å². The molecule has 0 saturated carbocycles. The zero-order valence-corrected chi connectivity index (χ0v) is 16.3. The summed E-state index contributed by atoms with van der Waals surface area (Å²) in [5.74, 6) is -2.08. The highest BCUT2D eigenvalue weighted by Crippen LogP contribution is 2.24. The largest absolute Gasteiger partial charge is 0.573 e. The third-order valence-electron chi connectivity index (χ3n) is 3.58. The molecule has 2 amide bonds. The molecule has 2 aromatic rings. The van der Waals surface area contributed by atoms with Crippen LogP contribution in [0, 0.1) is 0 Å². The van der Waals surface area contributed by atoms with Crippen LogP contribution in [0.4, 0.5) is 18.9 Å². The number of alkyl halides is 3. The normalized spacial score (nSPS) is 11.7. The molecule has 2 rings (SSSR count). The van der Waals surface area contributed by atoms with Gasteiger partial charge in [0.25, 0.3) is 11.8 Å². The van der Waals surface area contributed by atoms with E-state index in [9.17, 15) is 27.6 Å². The lowest BCUT2D eigenvalue weighted by atomic mass is 10.3. The number of hydrogen-bond donors (Lipinski definition) is 2. The summed E-state index contributed by atoms with van der Waals surface area (Å²) >= 11 is 0. The van der Waals surface area contributed by atoms with Gasteiger partial charge >= 0.3 is 12.3 Å². The summed E-state index contributed by atoms with van der Waals surface area (Å²) in [5, 5.41) is 4.68. The van der Waals surface area contributed by atoms with Crippen LogP contribution in [0.3, 0.4) is 0 Å². The van der Waals surface area contributed by atoms with Gasteiger partial charge in [-0.2, -0.15) is 0 Å². The van der Waals surface area contributed by atoms with E-state index in [1.807, 2.05) is 0 Å². The molecular formula is C20H19F3N2O6. The Balaban J connectivity index is 1.71. The Hall–Kier alpha value is -3.76. The van der Waals surface area contributed by atoms with Crippen LogP contribution >= 0.6 is 0 Å². The number of anilines is 1. The number of ether oxygens (including phenoxy) is 3. The van der Waals surface area contributed by atoms with Crippen LogP contribution in [-0.4, -0.2) is 43.4 Å². The number of hydrogen-bond acceptors (Lipinski definition) is 6. The summed E-state index contributed by atoms with van der Waals surface area (Å²) in [6, 6.07) is 13.0. The van der Waals surface area contributed by atoms with Gasteiger partial charge in [0, 0.05) is 5.69 Å². The predicted molar refractivity (Wildman–Crippen MR) is 102 cm³/mol. The minimum atomic E-state index is -4.82. The first-order chi connectivity index (χ1) is 14.6. The number of carbonyl (C=O) groups excluding carboxylic acids is 3. The quantitative estimate of drug-likeness (QED) is 0.582. The maximum absolute atomic E-state index is 12.1. The minimum absolute atomic E-state index is 0.175. The molecule has 0 radical (unpaired) electrons. The van der Waals surface area contributed by atoms with E-state index in [1.165, 1.54) is 19.1 Å². The van der Waals surface area contributed by atoms with Crippen molar-refractivity contribution in [2.45, 2.75) is 19.4 Å². The fraction of sp³-hybridized carbons (Fsp3) is 0.250. The molecule has 0 bridgehead atoms. The van der Waals surface area contributed by atoms with Crippen LogP contribution in [-0.2, 0) is 19.1 Å². The van der Waals surface area contributed by atoms with E-state index in [2.05, 4.69) is 15.4 Å². The average molecular weight is 440 g/mol. The Morgan fingerprint density at radius 3 is 2.23 bits per heavy atom. The third-order valence-corrected chi connectivity index (χ3v) is 3.58. The molecule has 166 valence electrons. The highest BCUT2D eigenvalue weighted by molar-refractivity contribution is 5.95. The van der Waals surface area contributed by atoms with Crippen molar-refractivity contribution in [3.05, 3.63) is 54.6 Å². The lowest BCUT2D eigenvalue weighted by Crippen LogP contribution is -2.37. The van der Waals surface area contributed by atoms with Gasteiger partial charge in [-0.1, -0.05) is 18.2 Å². The molecule has 1 unspecified atom stereocenters. The zero-order chi connectivity index (χ0) is 22.9. The summed E-state index contributed by atoms with van der Waals surface area (Å²) in [4.78, 5) is 35.5. The minimum Gasteiger partial charge on any atom is -0.484 e. The molecule has 0 aliphatic carbocycles. The van der Waals surface area contributed by atoms with Crippen LogP contribution in [0.15, 0.2) is 54.6 Å². The second-order valence-electron chi connectivity index (χ2n) is 6.07. The van der Waals surface area contributed by atoms with E-state index >= 15 is 0 Å². The molecule has 11 heteroatoms. The number of benzene rings is 2. The first-order valence-corrected chi connectivity index (χ1v) is 8.93. The van der Waals surface area contributed by atoms with Gasteiger partial charge in [-0.25, -0.2) is 0 Å². The standard InChI is InChI=1S/C20H19F3N2O6/c1-13(19(28)25-14-7-9-16(10-8-14)31-20(21,22)23)30-18(27)11-24-17(26)12-29-15-5-3-2-4-6-15/h2-10,13H,11-12H2,1H3,(H,24,26)(H,25,28). The first-order valence-electron chi connectivity index (χ1n) is 8.93. The van der Waals surface area contributed by atoms with Gasteiger partial charge in [-0.3, -0.25) is 14.4 Å². The molecule has 0 heterocycles. The Morgan fingerprint density at radius 2 is 1.61 bits per heavy atom. The maximum atomic E-state index is 12.1. The Kier molecular flexibility index (Phi) is 8.24. The fourth-order valence-corrected chi connectivity index (χ4v) is 2.16. The molecule has 1 atom stereocenters. The Bertz CT molecular complexity index is 888. The summed E-state index contributed by atoms with van der Waals surface area (Å²) in [6.07, 6.45) is -6.03. The van der Waals surface area contributed by atoms with E-state index in [0.717, 1.165) is 12.1 Å². The third kappa shape index (κ3) is 9.07. The van der Waals surface area contributed by atoms with Gasteiger partial charge in [0.05, 0.1) is 0 Å². The number of carbonyl (C=O) groups is 3. The lowest BCUT2D eigenvalue weighted by molar-refractivity contribution is -0.274. The van der Waals surface area contributed by atoms with Crippen LogP contribution in [0.25, 0.3) is 0 Å². The average Bonchev–Trinajstić information content (AvgIpc) is 2.71. The summed E-state index contributed by atoms with van der Waals surface area (Å²) < 4.78 is 50.3. The van der Waals surface area contributed by atoms with Crippen molar-refractivity contribution in [2.24, 2.45) is 0 Å². The fourth-order valence-electron chi connectivity index (χ4n) is 2.16. The molecule has 2 N–H and O–H groups in total. The van der Waals surface area contributed by atoms with E-state index in [0.29, 0.717) is 5.75 Å². The SMILES string of the molecule is CC(OC(=O)CNC(=O)COc1ccccc1)C(=O)Nc1ccc(OC(F)(F)F)cc1. The summed E-state index contributed by atoms with van der Waals surface area (Å²) in [5.41, 5.74) is 0.175. The van der Waals surface area contributed by atoms with Crippen molar-refractivity contribution < 1.29 is 41.8 Å². The molecular weight excluding hydrogens is 421 g/mol. The molecule has 8 nitrogen and oxygen atoms in total. The van der Waals surface area contributed by atoms with Crippen molar-refractivity contribution in [1.82, 2.24) is 5.32 Å². The number of esters is 1. The second kappa shape index (κ2) is 10.9. The van der Waals surface area contributed by atoms with Crippen molar-refractivity contribution in [1.29, 1.82) is 0 Å². The van der Waals surface area contributed by atoms with E-state index in [1.54, 1.807) is 30.3 Å². The van der Waals surface area contributed by atoms with E-state index in [-0.39, 0.29) is 12.3 Å². The Labute approximate surface area is 175 Å². The monoisotopic (exact) mass is 440 g/mol. The molecule has 31 heavy (non-hydrogen) atoms.